The second-order valence-electron chi connectivity index (χ2n) is 2.41. The molecule has 0 aliphatic heterocycles. The lowest BCUT2D eigenvalue weighted by molar-refractivity contribution is -0.138. The predicted octanol–water partition coefficient (Wildman–Crippen LogP) is 1.11. The summed E-state index contributed by atoms with van der Waals surface area (Å²) in [5.74, 6) is -0.346. The first kappa shape index (κ1) is 12.1. The van der Waals surface area contributed by atoms with Crippen molar-refractivity contribution in [3.63, 3.8) is 0 Å². The summed E-state index contributed by atoms with van der Waals surface area (Å²) in [6.07, 6.45) is 1.07. The van der Waals surface area contributed by atoms with Crippen LogP contribution in [0.1, 0.15) is 13.8 Å². The zero-order valence-electron chi connectivity index (χ0n) is 8.49. The van der Waals surface area contributed by atoms with Crippen molar-refractivity contribution in [1.29, 1.82) is 0 Å². The summed E-state index contributed by atoms with van der Waals surface area (Å²) in [6.45, 7) is 3.78. The molecule has 0 radical (unpaired) electrons. The lowest BCUT2D eigenvalue weighted by Crippen LogP contribution is -2.13. The van der Waals surface area contributed by atoms with E-state index in [1.165, 1.54) is 14.2 Å². The highest BCUT2D eigenvalue weighted by Crippen LogP contribution is 2.02. The monoisotopic (exact) mass is 188 g/mol. The first-order chi connectivity index (χ1) is 6.15. The molecule has 0 atom stereocenters. The van der Waals surface area contributed by atoms with E-state index in [4.69, 9.17) is 14.2 Å². The molecule has 0 fully saturated rings. The number of hydrogen-bond donors (Lipinski definition) is 0. The van der Waals surface area contributed by atoms with Crippen LogP contribution in [0, 0.1) is 0 Å². The topological polar surface area (TPSA) is 44.8 Å². The van der Waals surface area contributed by atoms with Gasteiger partial charge in [0.15, 0.2) is 6.29 Å². The molecule has 4 nitrogen and oxygen atoms in total. The van der Waals surface area contributed by atoms with E-state index >= 15 is 0 Å². The van der Waals surface area contributed by atoms with Crippen LogP contribution in [0.15, 0.2) is 11.6 Å². The Hall–Kier alpha value is -0.870. The molecule has 0 aliphatic rings. The van der Waals surface area contributed by atoms with E-state index in [1.807, 2.05) is 0 Å². The second kappa shape index (κ2) is 6.62. The highest BCUT2D eigenvalue weighted by molar-refractivity contribution is 5.87. The highest BCUT2D eigenvalue weighted by atomic mass is 16.7. The van der Waals surface area contributed by atoms with Gasteiger partial charge in [0.1, 0.15) is 0 Å². The summed E-state index contributed by atoms with van der Waals surface area (Å²) in [5, 5.41) is 0. The molecule has 0 bridgehead atoms. The number of carbonyl (C=O) groups excluding carboxylic acids is 1. The minimum Gasteiger partial charge on any atom is -0.463 e. The van der Waals surface area contributed by atoms with Crippen molar-refractivity contribution in [2.75, 3.05) is 20.8 Å². The molecule has 4 heteroatoms. The Morgan fingerprint density at radius 2 is 1.92 bits per heavy atom. The molecule has 0 aromatic heterocycles. The summed E-state index contributed by atoms with van der Waals surface area (Å²) in [5.41, 5.74) is 0.482. The molecular formula is C9H16O4. The van der Waals surface area contributed by atoms with Crippen LogP contribution in [-0.4, -0.2) is 33.1 Å². The van der Waals surface area contributed by atoms with Crippen molar-refractivity contribution in [1.82, 2.24) is 0 Å². The van der Waals surface area contributed by atoms with Gasteiger partial charge in [0.05, 0.1) is 6.61 Å². The maximum atomic E-state index is 11.1. The van der Waals surface area contributed by atoms with E-state index < -0.39 is 6.29 Å². The van der Waals surface area contributed by atoms with Gasteiger partial charge >= 0.3 is 5.97 Å². The molecular weight excluding hydrogens is 172 g/mol. The molecule has 0 amide bonds. The van der Waals surface area contributed by atoms with Crippen LogP contribution < -0.4 is 0 Å². The first-order valence-electron chi connectivity index (χ1n) is 4.06. The molecule has 0 aromatic rings. The minimum absolute atomic E-state index is 0.346. The van der Waals surface area contributed by atoms with Crippen molar-refractivity contribution in [2.45, 2.75) is 20.1 Å². The highest BCUT2D eigenvalue weighted by Gasteiger charge is 2.08. The van der Waals surface area contributed by atoms with Crippen LogP contribution in [0.5, 0.6) is 0 Å². The SMILES string of the molecule is CCOC(=O)/C(C)=C/C(OC)OC. The van der Waals surface area contributed by atoms with Gasteiger partial charge in [-0.05, 0) is 19.9 Å². The van der Waals surface area contributed by atoms with Crippen LogP contribution in [0.3, 0.4) is 0 Å². The summed E-state index contributed by atoms with van der Waals surface area (Å²) < 4.78 is 14.6. The Morgan fingerprint density at radius 3 is 2.31 bits per heavy atom. The average molecular weight is 188 g/mol. The van der Waals surface area contributed by atoms with E-state index in [2.05, 4.69) is 0 Å². The van der Waals surface area contributed by atoms with E-state index in [-0.39, 0.29) is 5.97 Å². The standard InChI is InChI=1S/C9H16O4/c1-5-13-9(10)7(2)6-8(11-3)12-4/h6,8H,5H2,1-4H3/b7-6+. The molecule has 0 saturated heterocycles. The van der Waals surface area contributed by atoms with Crippen molar-refractivity contribution < 1.29 is 19.0 Å². The second-order valence-corrected chi connectivity index (χ2v) is 2.41. The van der Waals surface area contributed by atoms with E-state index in [9.17, 15) is 4.79 Å². The Balaban J connectivity index is 4.20. The summed E-state index contributed by atoms with van der Waals surface area (Å²) >= 11 is 0. The maximum absolute atomic E-state index is 11.1. The number of carbonyl (C=O) groups is 1. The number of rotatable bonds is 5. The minimum atomic E-state index is -0.496. The molecule has 0 N–H and O–H groups in total. The van der Waals surface area contributed by atoms with Crippen molar-refractivity contribution >= 4 is 5.97 Å². The fourth-order valence-corrected chi connectivity index (χ4v) is 0.749. The predicted molar refractivity (Wildman–Crippen MR) is 48.2 cm³/mol. The quantitative estimate of drug-likeness (QED) is 0.368. The Labute approximate surface area is 78.5 Å². The Bertz CT molecular complexity index is 182. The van der Waals surface area contributed by atoms with E-state index in [0.717, 1.165) is 0 Å². The van der Waals surface area contributed by atoms with Gasteiger partial charge in [-0.2, -0.15) is 0 Å². The third-order valence-electron chi connectivity index (χ3n) is 1.45. The smallest absolute Gasteiger partial charge is 0.333 e. The largest absolute Gasteiger partial charge is 0.463 e. The van der Waals surface area contributed by atoms with Crippen molar-refractivity contribution in [2.24, 2.45) is 0 Å². The Kier molecular flexibility index (Phi) is 6.18. The van der Waals surface area contributed by atoms with Gasteiger partial charge in [0, 0.05) is 19.8 Å². The fourth-order valence-electron chi connectivity index (χ4n) is 0.749. The van der Waals surface area contributed by atoms with Gasteiger partial charge in [-0.3, -0.25) is 0 Å². The first-order valence-corrected chi connectivity index (χ1v) is 4.06. The molecule has 0 aromatic carbocycles. The molecule has 0 heterocycles. The molecule has 0 unspecified atom stereocenters. The van der Waals surface area contributed by atoms with Gasteiger partial charge in [0.2, 0.25) is 0 Å². The lowest BCUT2D eigenvalue weighted by atomic mass is 10.3. The van der Waals surface area contributed by atoms with Crippen molar-refractivity contribution in [3.05, 3.63) is 11.6 Å². The summed E-state index contributed by atoms with van der Waals surface area (Å²) in [4.78, 5) is 11.1. The molecule has 76 valence electrons. The van der Waals surface area contributed by atoms with Crippen LogP contribution in [0.25, 0.3) is 0 Å². The van der Waals surface area contributed by atoms with Crippen LogP contribution >= 0.6 is 0 Å². The van der Waals surface area contributed by atoms with Gasteiger partial charge in [-0.1, -0.05) is 0 Å². The van der Waals surface area contributed by atoms with Crippen molar-refractivity contribution in [3.8, 4) is 0 Å². The normalized spacial score (nSPS) is 11.9. The number of methoxy groups -OCH3 is 2. The van der Waals surface area contributed by atoms with Gasteiger partial charge < -0.3 is 14.2 Å². The van der Waals surface area contributed by atoms with Crippen LogP contribution in [-0.2, 0) is 19.0 Å². The van der Waals surface area contributed by atoms with Crippen LogP contribution in [0.2, 0.25) is 0 Å². The molecule has 0 aliphatic carbocycles. The van der Waals surface area contributed by atoms with Gasteiger partial charge in [-0.25, -0.2) is 4.79 Å². The summed E-state index contributed by atoms with van der Waals surface area (Å²) in [6, 6.07) is 0. The molecule has 13 heavy (non-hydrogen) atoms. The number of hydrogen-bond acceptors (Lipinski definition) is 4. The lowest BCUT2D eigenvalue weighted by Gasteiger charge is -2.09. The number of esters is 1. The summed E-state index contributed by atoms with van der Waals surface area (Å²) in [7, 11) is 3.01. The Morgan fingerprint density at radius 1 is 1.38 bits per heavy atom. The van der Waals surface area contributed by atoms with Gasteiger partial charge in [-0.15, -0.1) is 0 Å². The van der Waals surface area contributed by atoms with Gasteiger partial charge in [0.25, 0.3) is 0 Å². The third kappa shape index (κ3) is 4.65. The third-order valence-corrected chi connectivity index (χ3v) is 1.45. The zero-order chi connectivity index (χ0) is 10.3. The van der Waals surface area contributed by atoms with E-state index in [1.54, 1.807) is 19.9 Å². The van der Waals surface area contributed by atoms with Crippen LogP contribution in [0.4, 0.5) is 0 Å². The molecule has 0 spiro atoms. The molecule has 0 rings (SSSR count). The maximum Gasteiger partial charge on any atom is 0.333 e. The zero-order valence-corrected chi connectivity index (χ0v) is 8.49. The fraction of sp³-hybridized carbons (Fsp3) is 0.667. The van der Waals surface area contributed by atoms with E-state index in [0.29, 0.717) is 12.2 Å². The molecule has 0 saturated carbocycles. The average Bonchev–Trinajstić information content (AvgIpc) is 2.14. The number of ether oxygens (including phenoxy) is 3.